The molecule has 0 radical (unpaired) electrons. The van der Waals surface area contributed by atoms with E-state index in [2.05, 4.69) is 48.0 Å². The maximum absolute atomic E-state index is 5.56. The van der Waals surface area contributed by atoms with Crippen LogP contribution in [0, 0.1) is 0 Å². The van der Waals surface area contributed by atoms with Crippen LogP contribution in [0.5, 0.6) is 5.75 Å². The average Bonchev–Trinajstić information content (AvgIpc) is 3.17. The van der Waals surface area contributed by atoms with E-state index < -0.39 is 0 Å². The first-order valence-electron chi connectivity index (χ1n) is 7.88. The van der Waals surface area contributed by atoms with Gasteiger partial charge in [-0.05, 0) is 48.0 Å². The molecule has 0 spiro atoms. The van der Waals surface area contributed by atoms with Crippen LogP contribution in [0.4, 0.5) is 0 Å². The largest absolute Gasteiger partial charge is 0.493 e. The molecule has 1 aromatic heterocycles. The molecule has 1 aliphatic rings. The Bertz CT molecular complexity index is 565. The quantitative estimate of drug-likeness (QED) is 0.820. The van der Waals surface area contributed by atoms with Gasteiger partial charge in [0.2, 0.25) is 0 Å². The Labute approximate surface area is 131 Å². The third-order valence-corrected chi connectivity index (χ3v) is 5.01. The summed E-state index contributed by atoms with van der Waals surface area (Å²) in [4.78, 5) is 1.46. The van der Waals surface area contributed by atoms with Crippen molar-refractivity contribution in [2.75, 3.05) is 13.2 Å². The number of hydrogen-bond donors (Lipinski definition) is 1. The predicted molar refractivity (Wildman–Crippen MR) is 89.3 cm³/mol. The number of fused-ring (bicyclic) bond motifs is 1. The molecule has 0 saturated heterocycles. The normalized spacial score (nSPS) is 14.7. The van der Waals surface area contributed by atoms with Gasteiger partial charge >= 0.3 is 0 Å². The Kier molecular flexibility index (Phi) is 4.94. The molecule has 3 heteroatoms. The highest BCUT2D eigenvalue weighted by molar-refractivity contribution is 7.10. The third kappa shape index (κ3) is 3.66. The first-order valence-corrected chi connectivity index (χ1v) is 8.76. The number of thiophene rings is 1. The van der Waals surface area contributed by atoms with Crippen LogP contribution in [0.15, 0.2) is 35.7 Å². The molecule has 2 heterocycles. The molecule has 0 bridgehead atoms. The van der Waals surface area contributed by atoms with E-state index in [1.165, 1.54) is 28.8 Å². The summed E-state index contributed by atoms with van der Waals surface area (Å²) in [6.45, 7) is 4.12. The van der Waals surface area contributed by atoms with E-state index in [0.29, 0.717) is 6.04 Å². The van der Waals surface area contributed by atoms with Crippen LogP contribution < -0.4 is 10.1 Å². The summed E-state index contributed by atoms with van der Waals surface area (Å²) < 4.78 is 5.56. The fraction of sp³-hybridized carbons (Fsp3) is 0.444. The van der Waals surface area contributed by atoms with E-state index in [0.717, 1.165) is 31.7 Å². The fourth-order valence-corrected chi connectivity index (χ4v) is 3.75. The zero-order valence-corrected chi connectivity index (χ0v) is 13.4. The van der Waals surface area contributed by atoms with Crippen molar-refractivity contribution in [3.63, 3.8) is 0 Å². The molecule has 3 rings (SSSR count). The molecular weight excluding hydrogens is 278 g/mol. The smallest absolute Gasteiger partial charge is 0.122 e. The maximum Gasteiger partial charge on any atom is 0.122 e. The summed E-state index contributed by atoms with van der Waals surface area (Å²) in [5, 5.41) is 5.89. The summed E-state index contributed by atoms with van der Waals surface area (Å²) in [5.41, 5.74) is 2.78. The molecule has 0 saturated carbocycles. The van der Waals surface area contributed by atoms with Gasteiger partial charge in [0, 0.05) is 17.3 Å². The van der Waals surface area contributed by atoms with Gasteiger partial charge in [-0.25, -0.2) is 0 Å². The van der Waals surface area contributed by atoms with E-state index in [9.17, 15) is 0 Å². The number of ether oxygens (including phenoxy) is 1. The second-order valence-electron chi connectivity index (χ2n) is 5.60. The van der Waals surface area contributed by atoms with Gasteiger partial charge in [-0.2, -0.15) is 0 Å². The van der Waals surface area contributed by atoms with Gasteiger partial charge < -0.3 is 10.1 Å². The predicted octanol–water partition coefficient (Wildman–Crippen LogP) is 4.36. The number of nitrogens with one attached hydrogen (secondary N) is 1. The van der Waals surface area contributed by atoms with Crippen molar-refractivity contribution in [2.24, 2.45) is 0 Å². The Morgan fingerprint density at radius 2 is 2.29 bits per heavy atom. The molecule has 2 aromatic rings. The van der Waals surface area contributed by atoms with Crippen molar-refractivity contribution in [1.82, 2.24) is 5.32 Å². The van der Waals surface area contributed by atoms with Crippen LogP contribution in [0.2, 0.25) is 0 Å². The Morgan fingerprint density at radius 3 is 3.10 bits per heavy atom. The molecule has 0 amide bonds. The summed E-state index contributed by atoms with van der Waals surface area (Å²) in [6, 6.07) is 11.5. The molecule has 0 aliphatic carbocycles. The zero-order chi connectivity index (χ0) is 14.5. The highest BCUT2D eigenvalue weighted by Crippen LogP contribution is 2.26. The van der Waals surface area contributed by atoms with Crippen LogP contribution in [0.1, 0.15) is 41.8 Å². The number of rotatable bonds is 7. The third-order valence-electron chi connectivity index (χ3n) is 4.02. The summed E-state index contributed by atoms with van der Waals surface area (Å²) >= 11 is 1.85. The minimum absolute atomic E-state index is 0.507. The second-order valence-corrected chi connectivity index (χ2v) is 6.58. The standard InChI is InChI=1S/C18H23NOS/c1-2-4-16(18-5-3-12-21-18)19-10-8-14-6-7-17-15(13-14)9-11-20-17/h3,5-7,12-13,16,19H,2,4,8-11H2,1H3. The topological polar surface area (TPSA) is 21.3 Å². The van der Waals surface area contributed by atoms with E-state index >= 15 is 0 Å². The van der Waals surface area contributed by atoms with Crippen LogP contribution in [0.3, 0.4) is 0 Å². The van der Waals surface area contributed by atoms with Crippen molar-refractivity contribution < 1.29 is 4.74 Å². The lowest BCUT2D eigenvalue weighted by atomic mass is 10.1. The molecule has 1 aromatic carbocycles. The van der Waals surface area contributed by atoms with Crippen molar-refractivity contribution in [2.45, 2.75) is 38.6 Å². The lowest BCUT2D eigenvalue weighted by Crippen LogP contribution is -2.23. The molecule has 0 fully saturated rings. The van der Waals surface area contributed by atoms with Gasteiger partial charge in [-0.15, -0.1) is 11.3 Å². The van der Waals surface area contributed by atoms with E-state index in [4.69, 9.17) is 4.74 Å². The van der Waals surface area contributed by atoms with Crippen molar-refractivity contribution in [3.8, 4) is 5.75 Å². The number of benzene rings is 1. The van der Waals surface area contributed by atoms with Gasteiger partial charge in [0.15, 0.2) is 0 Å². The van der Waals surface area contributed by atoms with Crippen molar-refractivity contribution >= 4 is 11.3 Å². The molecule has 1 N–H and O–H groups in total. The Balaban J connectivity index is 1.55. The first kappa shape index (κ1) is 14.6. The SMILES string of the molecule is CCCC(NCCc1ccc2c(c1)CCO2)c1cccs1. The molecule has 21 heavy (non-hydrogen) atoms. The molecular formula is C18H23NOS. The van der Waals surface area contributed by atoms with Gasteiger partial charge in [-0.3, -0.25) is 0 Å². The van der Waals surface area contributed by atoms with Crippen LogP contribution >= 0.6 is 11.3 Å². The highest BCUT2D eigenvalue weighted by atomic mass is 32.1. The lowest BCUT2D eigenvalue weighted by molar-refractivity contribution is 0.357. The Morgan fingerprint density at radius 1 is 1.33 bits per heavy atom. The van der Waals surface area contributed by atoms with Crippen LogP contribution in [-0.2, 0) is 12.8 Å². The first-order chi connectivity index (χ1) is 10.4. The highest BCUT2D eigenvalue weighted by Gasteiger charge is 2.13. The molecule has 112 valence electrons. The summed E-state index contributed by atoms with van der Waals surface area (Å²) in [7, 11) is 0. The molecule has 1 atom stereocenters. The summed E-state index contributed by atoms with van der Waals surface area (Å²) in [5.74, 6) is 1.08. The van der Waals surface area contributed by atoms with Gasteiger partial charge in [0.1, 0.15) is 5.75 Å². The summed E-state index contributed by atoms with van der Waals surface area (Å²) in [6.07, 6.45) is 4.56. The van der Waals surface area contributed by atoms with E-state index in [1.54, 1.807) is 0 Å². The van der Waals surface area contributed by atoms with Crippen molar-refractivity contribution in [1.29, 1.82) is 0 Å². The van der Waals surface area contributed by atoms with Crippen LogP contribution in [-0.4, -0.2) is 13.2 Å². The van der Waals surface area contributed by atoms with Crippen molar-refractivity contribution in [3.05, 3.63) is 51.7 Å². The van der Waals surface area contributed by atoms with Gasteiger partial charge in [0.05, 0.1) is 6.61 Å². The Hall–Kier alpha value is -1.32. The molecule has 1 unspecified atom stereocenters. The van der Waals surface area contributed by atoms with E-state index in [-0.39, 0.29) is 0 Å². The van der Waals surface area contributed by atoms with Gasteiger partial charge in [0.25, 0.3) is 0 Å². The lowest BCUT2D eigenvalue weighted by Gasteiger charge is -2.16. The zero-order valence-electron chi connectivity index (χ0n) is 12.6. The van der Waals surface area contributed by atoms with E-state index in [1.807, 2.05) is 11.3 Å². The fourth-order valence-electron chi connectivity index (χ4n) is 2.91. The molecule has 1 aliphatic heterocycles. The maximum atomic E-state index is 5.56. The number of hydrogen-bond acceptors (Lipinski definition) is 3. The van der Waals surface area contributed by atoms with Gasteiger partial charge in [-0.1, -0.05) is 31.5 Å². The average molecular weight is 301 g/mol. The molecule has 2 nitrogen and oxygen atoms in total. The van der Waals surface area contributed by atoms with Crippen LogP contribution in [0.25, 0.3) is 0 Å². The minimum Gasteiger partial charge on any atom is -0.493 e. The monoisotopic (exact) mass is 301 g/mol. The minimum atomic E-state index is 0.507. The second kappa shape index (κ2) is 7.10.